The Bertz CT molecular complexity index is 1160. The van der Waals surface area contributed by atoms with Gasteiger partial charge in [-0.3, -0.25) is 28.8 Å². The van der Waals surface area contributed by atoms with Crippen LogP contribution in [0.2, 0.25) is 0 Å². The highest BCUT2D eigenvalue weighted by Crippen LogP contribution is 2.50. The second kappa shape index (κ2) is 8.97. The molecule has 0 bridgehead atoms. The van der Waals surface area contributed by atoms with Crippen molar-refractivity contribution in [1.29, 1.82) is 0 Å². The van der Waals surface area contributed by atoms with Crippen LogP contribution in [0.4, 0.5) is 5.69 Å². The number of benzene rings is 1. The molecule has 0 radical (unpaired) electrons. The number of amides is 2. The summed E-state index contributed by atoms with van der Waals surface area (Å²) in [6, 6.07) is 3.04. The molecule has 2 fully saturated rings. The molecule has 11 heteroatoms. The summed E-state index contributed by atoms with van der Waals surface area (Å²) in [5.41, 5.74) is 2.77. The third-order valence-corrected chi connectivity index (χ3v) is 7.26. The lowest BCUT2D eigenvalue weighted by molar-refractivity contribution is -0.175. The molecule has 186 valence electrons. The molecule has 0 aliphatic heterocycles. The average molecular weight is 485 g/mol. The Morgan fingerprint density at radius 3 is 2.51 bits per heavy atom. The summed E-state index contributed by atoms with van der Waals surface area (Å²) < 4.78 is 0. The highest BCUT2D eigenvalue weighted by Gasteiger charge is 2.66. The zero-order valence-electron chi connectivity index (χ0n) is 19.1. The van der Waals surface area contributed by atoms with E-state index in [0.717, 1.165) is 6.42 Å². The Kier molecular flexibility index (Phi) is 6.32. The Labute approximate surface area is 200 Å². The van der Waals surface area contributed by atoms with E-state index in [2.05, 4.69) is 10.6 Å². The van der Waals surface area contributed by atoms with E-state index < -0.39 is 70.0 Å². The van der Waals surface area contributed by atoms with E-state index in [4.69, 9.17) is 5.73 Å². The molecule has 2 saturated carbocycles. The largest absolute Gasteiger partial charge is 0.505 e. The standard InChI is InChI=1S/C24H27N3O8/c1-2-5-26-9-15(29)27-13-4-3-10-6-11-7-12-8-14(28)18(23(25)34)22(33)24(12,35)21(32)17(11)20(31)16(10)19(13)30/h3-4,11-12,17-18,26,30,35H,2,5-9H2,1H3,(H2,25,34)(H,27,29). The van der Waals surface area contributed by atoms with Gasteiger partial charge in [0.2, 0.25) is 11.8 Å². The molecule has 0 saturated heterocycles. The molecular formula is C24H27N3O8. The number of hydrogen-bond acceptors (Lipinski definition) is 9. The molecule has 5 unspecified atom stereocenters. The van der Waals surface area contributed by atoms with E-state index in [1.165, 1.54) is 6.07 Å². The van der Waals surface area contributed by atoms with Gasteiger partial charge in [0.15, 0.2) is 34.7 Å². The first-order valence-corrected chi connectivity index (χ1v) is 11.5. The van der Waals surface area contributed by atoms with Crippen molar-refractivity contribution in [2.45, 2.75) is 38.2 Å². The monoisotopic (exact) mass is 485 g/mol. The van der Waals surface area contributed by atoms with Crippen LogP contribution in [0.1, 0.15) is 42.1 Å². The number of primary amides is 1. The van der Waals surface area contributed by atoms with Crippen LogP contribution >= 0.6 is 0 Å². The number of carbonyl (C=O) groups excluding carboxylic acids is 6. The average Bonchev–Trinajstić information content (AvgIpc) is 2.78. The lowest BCUT2D eigenvalue weighted by Crippen LogP contribution is -2.68. The molecule has 0 spiro atoms. The highest BCUT2D eigenvalue weighted by molar-refractivity contribution is 6.31. The maximum Gasteiger partial charge on any atom is 0.238 e. The molecule has 1 aromatic rings. The normalized spacial score (nSPS) is 29.8. The predicted molar refractivity (Wildman–Crippen MR) is 120 cm³/mol. The minimum absolute atomic E-state index is 0.00220. The van der Waals surface area contributed by atoms with Crippen LogP contribution in [0.15, 0.2) is 12.1 Å². The highest BCUT2D eigenvalue weighted by atomic mass is 16.3. The summed E-state index contributed by atoms with van der Waals surface area (Å²) in [6.45, 7) is 2.56. The summed E-state index contributed by atoms with van der Waals surface area (Å²) >= 11 is 0. The van der Waals surface area contributed by atoms with Gasteiger partial charge in [-0.05, 0) is 43.4 Å². The van der Waals surface area contributed by atoms with Crippen molar-refractivity contribution in [3.63, 3.8) is 0 Å². The molecule has 6 N–H and O–H groups in total. The maximum absolute atomic E-state index is 13.4. The molecule has 0 aromatic heterocycles. The van der Waals surface area contributed by atoms with Crippen LogP contribution in [-0.2, 0) is 30.4 Å². The fourth-order valence-corrected chi connectivity index (χ4v) is 5.62. The fraction of sp³-hybridized carbons (Fsp3) is 0.500. The molecule has 0 heterocycles. The number of rotatable bonds is 6. The molecule has 1 aromatic carbocycles. The van der Waals surface area contributed by atoms with Gasteiger partial charge in [0.25, 0.3) is 0 Å². The van der Waals surface area contributed by atoms with Crippen LogP contribution in [0.5, 0.6) is 5.75 Å². The second-order valence-electron chi connectivity index (χ2n) is 9.46. The van der Waals surface area contributed by atoms with E-state index in [1.807, 2.05) is 6.92 Å². The molecule has 3 aliphatic rings. The van der Waals surface area contributed by atoms with Gasteiger partial charge in [0, 0.05) is 12.3 Å². The summed E-state index contributed by atoms with van der Waals surface area (Å²) in [5, 5.41) is 27.4. The smallest absolute Gasteiger partial charge is 0.238 e. The van der Waals surface area contributed by atoms with Gasteiger partial charge in [-0.2, -0.15) is 0 Å². The predicted octanol–water partition coefficient (Wildman–Crippen LogP) is -0.735. The zero-order chi connectivity index (χ0) is 25.7. The molecule has 35 heavy (non-hydrogen) atoms. The third kappa shape index (κ3) is 3.84. The molecule has 4 rings (SSSR count). The van der Waals surface area contributed by atoms with Crippen LogP contribution in [0.25, 0.3) is 0 Å². The van der Waals surface area contributed by atoms with Gasteiger partial charge in [-0.15, -0.1) is 0 Å². The second-order valence-corrected chi connectivity index (χ2v) is 9.46. The number of fused-ring (bicyclic) bond motifs is 3. The fourth-order valence-electron chi connectivity index (χ4n) is 5.62. The summed E-state index contributed by atoms with van der Waals surface area (Å²) in [7, 11) is 0. The summed E-state index contributed by atoms with van der Waals surface area (Å²) in [6.07, 6.45) is 0.662. The number of hydrogen-bond donors (Lipinski definition) is 5. The lowest BCUT2D eigenvalue weighted by atomic mass is 9.54. The number of aliphatic hydroxyl groups is 1. The Morgan fingerprint density at radius 2 is 1.86 bits per heavy atom. The van der Waals surface area contributed by atoms with E-state index >= 15 is 0 Å². The third-order valence-electron chi connectivity index (χ3n) is 7.26. The van der Waals surface area contributed by atoms with Gasteiger partial charge in [-0.1, -0.05) is 13.0 Å². The van der Waals surface area contributed by atoms with E-state index in [0.29, 0.717) is 12.1 Å². The number of phenolic OH excluding ortho intramolecular Hbond substituents is 1. The van der Waals surface area contributed by atoms with Gasteiger partial charge in [0.1, 0.15) is 5.75 Å². The van der Waals surface area contributed by atoms with Crippen LogP contribution in [0, 0.1) is 23.7 Å². The van der Waals surface area contributed by atoms with Crippen molar-refractivity contribution < 1.29 is 39.0 Å². The SMILES string of the molecule is CCCNCC(=O)Nc1ccc2c(c1O)C(=O)C1C(=O)C3(O)C(=O)C(C(N)=O)C(=O)CC3CC1C2. The van der Waals surface area contributed by atoms with Gasteiger partial charge >= 0.3 is 0 Å². The number of ketones is 4. The van der Waals surface area contributed by atoms with Crippen molar-refractivity contribution >= 4 is 40.6 Å². The van der Waals surface area contributed by atoms with Crippen LogP contribution < -0.4 is 16.4 Å². The first-order valence-electron chi connectivity index (χ1n) is 11.5. The number of nitrogens with two attached hydrogens (primary N) is 1. The minimum atomic E-state index is -2.69. The van der Waals surface area contributed by atoms with E-state index in [-0.39, 0.29) is 37.1 Å². The zero-order valence-corrected chi connectivity index (χ0v) is 19.1. The first-order chi connectivity index (χ1) is 16.5. The number of anilines is 1. The van der Waals surface area contributed by atoms with Crippen molar-refractivity contribution in [2.24, 2.45) is 29.4 Å². The minimum Gasteiger partial charge on any atom is -0.505 e. The summed E-state index contributed by atoms with van der Waals surface area (Å²) in [5.74, 6) is -11.2. The number of phenols is 1. The molecular weight excluding hydrogens is 458 g/mol. The van der Waals surface area contributed by atoms with Crippen molar-refractivity contribution in [2.75, 3.05) is 18.4 Å². The lowest BCUT2D eigenvalue weighted by Gasteiger charge is -2.48. The van der Waals surface area contributed by atoms with Gasteiger partial charge < -0.3 is 26.6 Å². The van der Waals surface area contributed by atoms with Crippen molar-refractivity contribution in [3.8, 4) is 5.75 Å². The molecule has 2 amide bonds. The first kappa shape index (κ1) is 24.7. The van der Waals surface area contributed by atoms with Crippen molar-refractivity contribution in [1.82, 2.24) is 5.32 Å². The van der Waals surface area contributed by atoms with E-state index in [9.17, 15) is 39.0 Å². The van der Waals surface area contributed by atoms with Crippen LogP contribution in [0.3, 0.4) is 0 Å². The number of nitrogens with one attached hydrogen (secondary N) is 2. The number of Topliss-reactive ketones (excluding diaryl/α,β-unsaturated/α-hetero) is 4. The van der Waals surface area contributed by atoms with Crippen molar-refractivity contribution in [3.05, 3.63) is 23.3 Å². The number of aromatic hydroxyl groups is 1. The Hall–Kier alpha value is -3.44. The van der Waals surface area contributed by atoms with Gasteiger partial charge in [-0.25, -0.2) is 0 Å². The van der Waals surface area contributed by atoms with E-state index in [1.54, 1.807) is 6.07 Å². The Balaban J connectivity index is 1.66. The summed E-state index contributed by atoms with van der Waals surface area (Å²) in [4.78, 5) is 76.0. The number of carbonyl (C=O) groups is 6. The molecule has 3 aliphatic carbocycles. The Morgan fingerprint density at radius 1 is 1.14 bits per heavy atom. The van der Waals surface area contributed by atoms with Crippen LogP contribution in [-0.4, -0.2) is 63.9 Å². The molecule has 5 atom stereocenters. The quantitative estimate of drug-likeness (QED) is 0.196. The maximum atomic E-state index is 13.4. The molecule has 11 nitrogen and oxygen atoms in total. The van der Waals surface area contributed by atoms with Gasteiger partial charge in [0.05, 0.1) is 23.7 Å². The topological polar surface area (TPSA) is 193 Å².